The average Bonchev–Trinajstić information content (AvgIpc) is 3.12. The Balaban J connectivity index is 1.71. The van der Waals surface area contributed by atoms with Gasteiger partial charge in [-0.2, -0.15) is 0 Å². The lowest BCUT2D eigenvalue weighted by atomic mass is 9.98. The molecular weight excluding hydrogens is 428 g/mol. The summed E-state index contributed by atoms with van der Waals surface area (Å²) >= 11 is 0. The van der Waals surface area contributed by atoms with E-state index < -0.39 is 29.5 Å². The lowest BCUT2D eigenvalue weighted by molar-refractivity contribution is -0.309. The number of carboxylic acids is 1. The van der Waals surface area contributed by atoms with Crippen LogP contribution in [0, 0.1) is 26.7 Å². The van der Waals surface area contributed by atoms with Crippen molar-refractivity contribution in [2.24, 2.45) is 5.92 Å². The zero-order chi connectivity index (χ0) is 24.4. The van der Waals surface area contributed by atoms with Crippen LogP contribution < -0.4 is 21.4 Å². The van der Waals surface area contributed by atoms with E-state index in [0.29, 0.717) is 16.7 Å². The molecule has 2 heterocycles. The Labute approximate surface area is 190 Å². The molecule has 0 fully saturated rings. The maximum atomic E-state index is 12.6. The molecule has 2 aromatic heterocycles. The van der Waals surface area contributed by atoms with E-state index in [1.54, 1.807) is 20.1 Å². The minimum Gasteiger partial charge on any atom is -0.548 e. The molecule has 1 aromatic carbocycles. The summed E-state index contributed by atoms with van der Waals surface area (Å²) in [5.41, 5.74) is 3.43. The first-order valence-electron chi connectivity index (χ1n) is 10.7. The minimum atomic E-state index is -1.39. The van der Waals surface area contributed by atoms with Crippen molar-refractivity contribution < 1.29 is 28.3 Å². The van der Waals surface area contributed by atoms with Gasteiger partial charge in [-0.15, -0.1) is 0 Å². The third-order valence-electron chi connectivity index (χ3n) is 5.82. The fourth-order valence-electron chi connectivity index (χ4n) is 3.84. The monoisotopic (exact) mass is 455 g/mol. The smallest absolute Gasteiger partial charge is 0.339 e. The molecule has 0 radical (unpaired) electrons. The van der Waals surface area contributed by atoms with Crippen LogP contribution >= 0.6 is 0 Å². The van der Waals surface area contributed by atoms with Crippen molar-refractivity contribution in [1.29, 1.82) is 0 Å². The van der Waals surface area contributed by atoms with E-state index in [2.05, 4.69) is 10.6 Å². The summed E-state index contributed by atoms with van der Waals surface area (Å²) in [6.45, 7) is 8.47. The molecule has 0 aliphatic rings. The summed E-state index contributed by atoms with van der Waals surface area (Å²) in [4.78, 5) is 47.9. The molecule has 3 rings (SSSR count). The van der Waals surface area contributed by atoms with Crippen LogP contribution in [0.5, 0.6) is 0 Å². The lowest BCUT2D eigenvalue weighted by Crippen LogP contribution is -2.52. The number of carbonyl (C=O) groups excluding carboxylic acids is 3. The third-order valence-corrected chi connectivity index (χ3v) is 5.82. The summed E-state index contributed by atoms with van der Waals surface area (Å²) in [6, 6.07) is 0.776. The summed E-state index contributed by atoms with van der Waals surface area (Å²) in [6.07, 6.45) is 1.75. The highest BCUT2D eigenvalue weighted by Gasteiger charge is 2.19. The number of furan rings is 1. The number of carbonyl (C=O) groups is 3. The molecule has 0 spiro atoms. The van der Waals surface area contributed by atoms with Gasteiger partial charge in [-0.05, 0) is 50.3 Å². The molecule has 2 N–H and O–H groups in total. The quantitative estimate of drug-likeness (QED) is 0.489. The lowest BCUT2D eigenvalue weighted by Gasteiger charge is -2.23. The van der Waals surface area contributed by atoms with Gasteiger partial charge >= 0.3 is 5.63 Å². The van der Waals surface area contributed by atoms with Gasteiger partial charge in [0.15, 0.2) is 0 Å². The number of carboxylic acid groups (broad SMARTS) is 1. The van der Waals surface area contributed by atoms with Gasteiger partial charge in [0.2, 0.25) is 11.8 Å². The SMILES string of the molecule is Cc1coc2c(C)c3oc(=O)c(CCC(=O)NCC(=O)N[C@H](C(=O)[O-])C(C)C)c(C)c3cc12. The Morgan fingerprint density at radius 2 is 1.73 bits per heavy atom. The van der Waals surface area contributed by atoms with Gasteiger partial charge in [0, 0.05) is 28.3 Å². The van der Waals surface area contributed by atoms with E-state index in [1.807, 2.05) is 26.8 Å². The second-order valence-corrected chi connectivity index (χ2v) is 8.55. The van der Waals surface area contributed by atoms with Crippen LogP contribution in [0.15, 0.2) is 26.0 Å². The molecule has 0 saturated carbocycles. The molecule has 176 valence electrons. The number of fused-ring (bicyclic) bond motifs is 2. The summed E-state index contributed by atoms with van der Waals surface area (Å²) in [7, 11) is 0. The Kier molecular flexibility index (Phi) is 6.90. The molecule has 1 atom stereocenters. The van der Waals surface area contributed by atoms with Crippen molar-refractivity contribution in [3.05, 3.63) is 45.0 Å². The number of amides is 2. The Morgan fingerprint density at radius 3 is 2.36 bits per heavy atom. The van der Waals surface area contributed by atoms with Crippen LogP contribution in [0.3, 0.4) is 0 Å². The number of benzene rings is 1. The predicted molar refractivity (Wildman–Crippen MR) is 120 cm³/mol. The summed E-state index contributed by atoms with van der Waals surface area (Å²) in [5.74, 6) is -2.83. The summed E-state index contributed by atoms with van der Waals surface area (Å²) < 4.78 is 11.2. The minimum absolute atomic E-state index is 0.0373. The first-order valence-corrected chi connectivity index (χ1v) is 10.7. The molecule has 9 nitrogen and oxygen atoms in total. The molecule has 0 unspecified atom stereocenters. The van der Waals surface area contributed by atoms with Gasteiger partial charge in [0.05, 0.1) is 24.8 Å². The normalized spacial score (nSPS) is 12.3. The standard InChI is InChI=1S/C24H28N2O7/c1-11(2)20(23(29)30)26-19(28)9-25-18(27)7-6-15-13(4)17-8-16-12(3)10-32-21(16)14(5)22(17)33-24(15)31/h8,10-11,20H,6-7,9H2,1-5H3,(H,25,27)(H,26,28)(H,29,30)/p-1/t20-/m0/s1. The summed E-state index contributed by atoms with van der Waals surface area (Å²) in [5, 5.41) is 17.5. The van der Waals surface area contributed by atoms with Crippen LogP contribution in [0.2, 0.25) is 0 Å². The molecule has 33 heavy (non-hydrogen) atoms. The van der Waals surface area contributed by atoms with Crippen molar-refractivity contribution in [3.8, 4) is 0 Å². The van der Waals surface area contributed by atoms with Crippen molar-refractivity contribution in [2.45, 2.75) is 53.5 Å². The number of rotatable bonds is 8. The van der Waals surface area contributed by atoms with Crippen LogP contribution in [0.25, 0.3) is 21.9 Å². The largest absolute Gasteiger partial charge is 0.548 e. The van der Waals surface area contributed by atoms with Crippen molar-refractivity contribution in [3.63, 3.8) is 0 Å². The second kappa shape index (κ2) is 9.48. The van der Waals surface area contributed by atoms with Crippen LogP contribution in [0.4, 0.5) is 0 Å². The molecule has 0 aliphatic heterocycles. The van der Waals surface area contributed by atoms with Crippen LogP contribution in [-0.4, -0.2) is 30.4 Å². The van der Waals surface area contributed by atoms with Gasteiger partial charge < -0.3 is 29.4 Å². The highest BCUT2D eigenvalue weighted by molar-refractivity contribution is 5.99. The number of aryl methyl sites for hydroxylation is 3. The van der Waals surface area contributed by atoms with Gasteiger partial charge in [0.25, 0.3) is 0 Å². The Morgan fingerprint density at radius 1 is 1.03 bits per heavy atom. The molecule has 0 bridgehead atoms. The second-order valence-electron chi connectivity index (χ2n) is 8.55. The van der Waals surface area contributed by atoms with Gasteiger partial charge in [0.1, 0.15) is 11.2 Å². The van der Waals surface area contributed by atoms with Gasteiger partial charge in [-0.25, -0.2) is 4.79 Å². The Hall–Kier alpha value is -3.62. The fourth-order valence-corrected chi connectivity index (χ4v) is 3.84. The highest BCUT2D eigenvalue weighted by Crippen LogP contribution is 2.32. The highest BCUT2D eigenvalue weighted by atomic mass is 16.4. The molecule has 0 saturated heterocycles. The number of hydrogen-bond donors (Lipinski definition) is 2. The maximum Gasteiger partial charge on any atom is 0.339 e. The predicted octanol–water partition coefficient (Wildman–Crippen LogP) is 1.40. The number of nitrogens with one attached hydrogen (secondary N) is 2. The Bertz CT molecular complexity index is 1300. The molecule has 9 heteroatoms. The molecule has 3 aromatic rings. The van der Waals surface area contributed by atoms with E-state index in [9.17, 15) is 24.3 Å². The van der Waals surface area contributed by atoms with Crippen LogP contribution in [0.1, 0.15) is 42.5 Å². The van der Waals surface area contributed by atoms with Crippen LogP contribution in [-0.2, 0) is 20.8 Å². The topological polar surface area (TPSA) is 142 Å². The van der Waals surface area contributed by atoms with Gasteiger partial charge in [-0.3, -0.25) is 9.59 Å². The number of hydrogen-bond acceptors (Lipinski definition) is 7. The first kappa shape index (κ1) is 24.0. The first-order chi connectivity index (χ1) is 15.5. The molecular formula is C24H27N2O7-. The van der Waals surface area contributed by atoms with Crippen molar-refractivity contribution in [1.82, 2.24) is 10.6 Å². The molecule has 2 amide bonds. The van der Waals surface area contributed by atoms with E-state index in [1.165, 1.54) is 0 Å². The van der Waals surface area contributed by atoms with E-state index in [4.69, 9.17) is 8.83 Å². The van der Waals surface area contributed by atoms with E-state index >= 15 is 0 Å². The zero-order valence-electron chi connectivity index (χ0n) is 19.3. The van der Waals surface area contributed by atoms with Crippen molar-refractivity contribution >= 4 is 39.7 Å². The number of aliphatic carboxylic acids is 1. The van der Waals surface area contributed by atoms with E-state index in [0.717, 1.165) is 27.5 Å². The van der Waals surface area contributed by atoms with Gasteiger partial charge in [-0.1, -0.05) is 13.8 Å². The fraction of sp³-hybridized carbons (Fsp3) is 0.417. The van der Waals surface area contributed by atoms with E-state index in [-0.39, 0.29) is 25.3 Å². The zero-order valence-corrected chi connectivity index (χ0v) is 19.3. The van der Waals surface area contributed by atoms with Crippen molar-refractivity contribution in [2.75, 3.05) is 6.54 Å². The third kappa shape index (κ3) is 4.92. The maximum absolute atomic E-state index is 12.6. The molecule has 0 aliphatic carbocycles. The average molecular weight is 455 g/mol.